The van der Waals surface area contributed by atoms with Crippen LogP contribution in [0.25, 0.3) is 0 Å². The third-order valence-electron chi connectivity index (χ3n) is 2.98. The molecule has 98 valence electrons. The summed E-state index contributed by atoms with van der Waals surface area (Å²) < 4.78 is 0. The van der Waals surface area contributed by atoms with Crippen molar-refractivity contribution < 1.29 is 4.79 Å². The van der Waals surface area contributed by atoms with E-state index >= 15 is 0 Å². The number of para-hydroxylation sites is 2. The Bertz CT molecular complexity index is 595. The number of amides is 1. The zero-order valence-electron chi connectivity index (χ0n) is 10.8. The normalized spacial score (nSPS) is 10.2. The molecule has 0 saturated heterocycles. The van der Waals surface area contributed by atoms with Crippen LogP contribution in [0.5, 0.6) is 0 Å². The average Bonchev–Trinajstić information content (AvgIpc) is 2.39. The lowest BCUT2D eigenvalue weighted by atomic mass is 10.1. The second-order valence-corrected chi connectivity index (χ2v) is 4.48. The van der Waals surface area contributed by atoms with Gasteiger partial charge in [-0.2, -0.15) is 0 Å². The standard InChI is InChI=1S/C15H17N3O/c1-18(14-8-3-2-7-13(14)16)10-11-5-4-6-12(9-11)15(17)19/h2-9H,10,16H2,1H3,(H2,17,19). The Hall–Kier alpha value is -2.49. The number of nitrogens with two attached hydrogens (primary N) is 2. The van der Waals surface area contributed by atoms with Crippen LogP contribution < -0.4 is 16.4 Å². The molecule has 0 aromatic heterocycles. The minimum atomic E-state index is -0.413. The van der Waals surface area contributed by atoms with E-state index < -0.39 is 5.91 Å². The van der Waals surface area contributed by atoms with Crippen molar-refractivity contribution in [1.29, 1.82) is 0 Å². The summed E-state index contributed by atoms with van der Waals surface area (Å²) in [5, 5.41) is 0. The molecule has 0 unspecified atom stereocenters. The molecule has 2 rings (SSSR count). The van der Waals surface area contributed by atoms with Crippen LogP contribution in [0.1, 0.15) is 15.9 Å². The fourth-order valence-electron chi connectivity index (χ4n) is 2.02. The number of primary amides is 1. The molecular formula is C15H17N3O. The van der Waals surface area contributed by atoms with Gasteiger partial charge in [0.1, 0.15) is 0 Å². The van der Waals surface area contributed by atoms with E-state index in [0.717, 1.165) is 16.9 Å². The molecule has 4 N–H and O–H groups in total. The maximum atomic E-state index is 11.2. The van der Waals surface area contributed by atoms with E-state index in [4.69, 9.17) is 11.5 Å². The molecule has 2 aromatic rings. The highest BCUT2D eigenvalue weighted by Gasteiger charge is 2.07. The van der Waals surface area contributed by atoms with E-state index in [0.29, 0.717) is 12.1 Å². The van der Waals surface area contributed by atoms with Gasteiger partial charge in [-0.15, -0.1) is 0 Å². The van der Waals surface area contributed by atoms with Gasteiger partial charge >= 0.3 is 0 Å². The van der Waals surface area contributed by atoms with E-state index in [2.05, 4.69) is 0 Å². The van der Waals surface area contributed by atoms with E-state index in [9.17, 15) is 4.79 Å². The zero-order valence-corrected chi connectivity index (χ0v) is 10.8. The molecule has 0 spiro atoms. The topological polar surface area (TPSA) is 72.3 Å². The summed E-state index contributed by atoms with van der Waals surface area (Å²) >= 11 is 0. The highest BCUT2D eigenvalue weighted by atomic mass is 16.1. The predicted octanol–water partition coefficient (Wildman–Crippen LogP) is 2.00. The van der Waals surface area contributed by atoms with Crippen LogP contribution in [0.3, 0.4) is 0 Å². The number of anilines is 2. The first-order valence-electron chi connectivity index (χ1n) is 6.02. The number of nitrogen functional groups attached to an aromatic ring is 1. The van der Waals surface area contributed by atoms with Gasteiger partial charge in [-0.05, 0) is 29.8 Å². The second kappa shape index (κ2) is 5.44. The Labute approximate surface area is 112 Å². The maximum Gasteiger partial charge on any atom is 0.248 e. The van der Waals surface area contributed by atoms with Crippen molar-refractivity contribution in [2.75, 3.05) is 17.7 Å². The van der Waals surface area contributed by atoms with Crippen LogP contribution in [0.2, 0.25) is 0 Å². The lowest BCUT2D eigenvalue weighted by Gasteiger charge is -2.21. The Morgan fingerprint density at radius 3 is 2.58 bits per heavy atom. The molecule has 0 aliphatic heterocycles. The summed E-state index contributed by atoms with van der Waals surface area (Å²) in [5.74, 6) is -0.413. The SMILES string of the molecule is CN(Cc1cccc(C(N)=O)c1)c1ccccc1N. The van der Waals surface area contributed by atoms with Crippen molar-refractivity contribution in [1.82, 2.24) is 0 Å². The number of hydrogen-bond donors (Lipinski definition) is 2. The van der Waals surface area contributed by atoms with Crippen LogP contribution in [0.15, 0.2) is 48.5 Å². The molecule has 2 aromatic carbocycles. The summed E-state index contributed by atoms with van der Waals surface area (Å²) in [5.41, 5.74) is 14.4. The van der Waals surface area contributed by atoms with Gasteiger partial charge in [0.25, 0.3) is 0 Å². The molecule has 0 heterocycles. The van der Waals surface area contributed by atoms with Crippen molar-refractivity contribution in [3.8, 4) is 0 Å². The van der Waals surface area contributed by atoms with E-state index in [1.807, 2.05) is 48.3 Å². The molecule has 0 fully saturated rings. The zero-order chi connectivity index (χ0) is 13.8. The van der Waals surface area contributed by atoms with Gasteiger partial charge in [-0.1, -0.05) is 24.3 Å². The van der Waals surface area contributed by atoms with Gasteiger partial charge in [0.15, 0.2) is 0 Å². The van der Waals surface area contributed by atoms with E-state index in [1.54, 1.807) is 12.1 Å². The number of hydrogen-bond acceptors (Lipinski definition) is 3. The lowest BCUT2D eigenvalue weighted by Crippen LogP contribution is -2.18. The Morgan fingerprint density at radius 2 is 1.89 bits per heavy atom. The third kappa shape index (κ3) is 3.04. The molecule has 19 heavy (non-hydrogen) atoms. The molecule has 0 aliphatic carbocycles. The number of nitrogens with zero attached hydrogens (tertiary/aromatic N) is 1. The van der Waals surface area contributed by atoms with Crippen LogP contribution in [0, 0.1) is 0 Å². The first-order chi connectivity index (χ1) is 9.08. The number of carbonyl (C=O) groups excluding carboxylic acids is 1. The average molecular weight is 255 g/mol. The Balaban J connectivity index is 2.19. The van der Waals surface area contributed by atoms with Crippen LogP contribution in [-0.2, 0) is 6.54 Å². The van der Waals surface area contributed by atoms with Gasteiger partial charge in [-0.25, -0.2) is 0 Å². The molecule has 0 bridgehead atoms. The molecule has 0 saturated carbocycles. The molecule has 4 heteroatoms. The van der Waals surface area contributed by atoms with Crippen LogP contribution >= 0.6 is 0 Å². The van der Waals surface area contributed by atoms with Crippen LogP contribution in [-0.4, -0.2) is 13.0 Å². The summed E-state index contributed by atoms with van der Waals surface area (Å²) in [6.45, 7) is 0.662. The molecule has 0 radical (unpaired) electrons. The molecule has 4 nitrogen and oxygen atoms in total. The minimum absolute atomic E-state index is 0.413. The van der Waals surface area contributed by atoms with Gasteiger partial charge in [0, 0.05) is 19.2 Å². The fourth-order valence-corrected chi connectivity index (χ4v) is 2.02. The molecular weight excluding hydrogens is 238 g/mol. The predicted molar refractivity (Wildman–Crippen MR) is 77.9 cm³/mol. The summed E-state index contributed by atoms with van der Waals surface area (Å²) in [7, 11) is 1.96. The largest absolute Gasteiger partial charge is 0.397 e. The lowest BCUT2D eigenvalue weighted by molar-refractivity contribution is 0.1000. The van der Waals surface area contributed by atoms with E-state index in [-0.39, 0.29) is 0 Å². The summed E-state index contributed by atoms with van der Waals surface area (Å²) in [6, 6.07) is 15.0. The smallest absolute Gasteiger partial charge is 0.248 e. The highest BCUT2D eigenvalue weighted by Crippen LogP contribution is 2.22. The Kier molecular flexibility index (Phi) is 3.71. The quantitative estimate of drug-likeness (QED) is 0.821. The number of rotatable bonds is 4. The number of benzene rings is 2. The summed E-state index contributed by atoms with van der Waals surface area (Å²) in [6.07, 6.45) is 0. The van der Waals surface area contributed by atoms with Gasteiger partial charge < -0.3 is 16.4 Å². The summed E-state index contributed by atoms with van der Waals surface area (Å²) in [4.78, 5) is 13.2. The maximum absolute atomic E-state index is 11.2. The van der Waals surface area contributed by atoms with Gasteiger partial charge in [0.2, 0.25) is 5.91 Å². The number of carbonyl (C=O) groups is 1. The van der Waals surface area contributed by atoms with Crippen molar-refractivity contribution in [2.45, 2.75) is 6.54 Å². The second-order valence-electron chi connectivity index (χ2n) is 4.48. The van der Waals surface area contributed by atoms with E-state index in [1.165, 1.54) is 0 Å². The first-order valence-corrected chi connectivity index (χ1v) is 6.02. The van der Waals surface area contributed by atoms with Crippen LogP contribution in [0.4, 0.5) is 11.4 Å². The van der Waals surface area contributed by atoms with Crippen molar-refractivity contribution in [3.63, 3.8) is 0 Å². The molecule has 0 atom stereocenters. The third-order valence-corrected chi connectivity index (χ3v) is 2.98. The Morgan fingerprint density at radius 1 is 1.16 bits per heavy atom. The monoisotopic (exact) mass is 255 g/mol. The fraction of sp³-hybridized carbons (Fsp3) is 0.133. The first kappa shape index (κ1) is 13.0. The van der Waals surface area contributed by atoms with Gasteiger partial charge in [0.05, 0.1) is 11.4 Å². The molecule has 0 aliphatic rings. The minimum Gasteiger partial charge on any atom is -0.397 e. The van der Waals surface area contributed by atoms with Gasteiger partial charge in [-0.3, -0.25) is 4.79 Å². The van der Waals surface area contributed by atoms with Crippen molar-refractivity contribution in [3.05, 3.63) is 59.7 Å². The highest BCUT2D eigenvalue weighted by molar-refractivity contribution is 5.92. The van der Waals surface area contributed by atoms with Crippen molar-refractivity contribution >= 4 is 17.3 Å². The van der Waals surface area contributed by atoms with Crippen molar-refractivity contribution in [2.24, 2.45) is 5.73 Å². The molecule has 1 amide bonds.